The molecule has 2 heteroatoms. The molecule has 0 unspecified atom stereocenters. The zero-order valence-corrected chi connectivity index (χ0v) is 17.3. The van der Waals surface area contributed by atoms with E-state index in [1.165, 1.54) is 65.8 Å². The molecule has 0 aliphatic rings. The van der Waals surface area contributed by atoms with Crippen LogP contribution in [0.15, 0.2) is 109 Å². The van der Waals surface area contributed by atoms with Gasteiger partial charge in [0.25, 0.3) is 0 Å². The quantitative estimate of drug-likeness (QED) is 0.245. The average Bonchev–Trinajstić information content (AvgIpc) is 3.38. The second-order valence-corrected chi connectivity index (χ2v) is 8.63. The highest BCUT2D eigenvalue weighted by atomic mass is 15.0. The summed E-state index contributed by atoms with van der Waals surface area (Å²) in [5.74, 6) is 0. The Morgan fingerprint density at radius 3 is 1.56 bits per heavy atom. The third kappa shape index (κ3) is 1.86. The van der Waals surface area contributed by atoms with Gasteiger partial charge in [0.1, 0.15) is 0 Å². The van der Waals surface area contributed by atoms with Gasteiger partial charge in [0.2, 0.25) is 0 Å². The van der Waals surface area contributed by atoms with Crippen molar-refractivity contribution in [3.63, 3.8) is 0 Å². The zero-order chi connectivity index (χ0) is 20.8. The molecular weight excluding hydrogens is 388 g/mol. The van der Waals surface area contributed by atoms with Gasteiger partial charge in [-0.25, -0.2) is 0 Å². The van der Waals surface area contributed by atoms with Crippen LogP contribution in [0, 0.1) is 0 Å². The summed E-state index contributed by atoms with van der Waals surface area (Å²) in [4.78, 5) is 0. The minimum atomic E-state index is 1.23. The summed E-state index contributed by atoms with van der Waals surface area (Å²) < 4.78 is 4.95. The van der Waals surface area contributed by atoms with Crippen LogP contribution in [0.1, 0.15) is 0 Å². The van der Waals surface area contributed by atoms with Crippen LogP contribution >= 0.6 is 0 Å². The number of nitrogens with zero attached hydrogens (tertiary/aromatic N) is 2. The maximum atomic E-state index is 2.48. The maximum Gasteiger partial charge on any atom is 0.0789 e. The monoisotopic (exact) mass is 406 g/mol. The molecule has 0 atom stereocenters. The summed E-state index contributed by atoms with van der Waals surface area (Å²) in [6, 6.07) is 39.7. The molecule has 0 saturated carbocycles. The van der Waals surface area contributed by atoms with Gasteiger partial charge >= 0.3 is 0 Å². The van der Waals surface area contributed by atoms with Gasteiger partial charge < -0.3 is 8.80 Å². The van der Waals surface area contributed by atoms with Crippen LogP contribution in [-0.4, -0.2) is 8.80 Å². The van der Waals surface area contributed by atoms with E-state index in [4.69, 9.17) is 0 Å². The van der Waals surface area contributed by atoms with Crippen LogP contribution in [0.25, 0.3) is 65.8 Å². The van der Waals surface area contributed by atoms with E-state index < -0.39 is 0 Å². The van der Waals surface area contributed by atoms with Crippen LogP contribution < -0.4 is 0 Å². The van der Waals surface area contributed by atoms with Crippen LogP contribution in [-0.2, 0) is 0 Å². The fourth-order valence-electron chi connectivity index (χ4n) is 5.70. The van der Waals surface area contributed by atoms with Crippen molar-refractivity contribution in [2.75, 3.05) is 0 Å². The lowest BCUT2D eigenvalue weighted by molar-refractivity contribution is 1.26. The molecule has 8 rings (SSSR count). The van der Waals surface area contributed by atoms with E-state index in [1.54, 1.807) is 0 Å². The number of fused-ring (bicyclic) bond motifs is 9. The van der Waals surface area contributed by atoms with Gasteiger partial charge in [0, 0.05) is 21.5 Å². The molecule has 0 aliphatic carbocycles. The topological polar surface area (TPSA) is 8.82 Å². The first-order chi connectivity index (χ1) is 15.9. The minimum Gasteiger partial charge on any atom is -0.305 e. The van der Waals surface area contributed by atoms with E-state index in [0.29, 0.717) is 0 Å². The normalized spacial score (nSPS) is 12.4. The Hall–Kier alpha value is -4.30. The summed E-state index contributed by atoms with van der Waals surface area (Å²) in [5.41, 5.74) is 10.1. The SMILES string of the molecule is c1ccc(-c2ccc3c(c2)n2c4ccccc4c4ccc5c6ccccc6n3c5c42)cc1. The maximum absolute atomic E-state index is 2.48. The Balaban J connectivity index is 1.73. The second-order valence-electron chi connectivity index (χ2n) is 8.63. The first-order valence-electron chi connectivity index (χ1n) is 11.1. The Morgan fingerprint density at radius 2 is 0.906 bits per heavy atom. The molecule has 3 aromatic heterocycles. The van der Waals surface area contributed by atoms with Crippen molar-refractivity contribution >= 4 is 54.6 Å². The second kappa shape index (κ2) is 5.68. The van der Waals surface area contributed by atoms with Crippen molar-refractivity contribution in [3.05, 3.63) is 109 Å². The van der Waals surface area contributed by atoms with E-state index in [2.05, 4.69) is 118 Å². The highest BCUT2D eigenvalue weighted by molar-refractivity contribution is 6.25. The van der Waals surface area contributed by atoms with Crippen molar-refractivity contribution in [2.45, 2.75) is 0 Å². The number of hydrogen-bond acceptors (Lipinski definition) is 0. The van der Waals surface area contributed by atoms with Gasteiger partial charge in [-0.3, -0.25) is 0 Å². The molecule has 0 aliphatic heterocycles. The van der Waals surface area contributed by atoms with Crippen molar-refractivity contribution in [2.24, 2.45) is 0 Å². The zero-order valence-electron chi connectivity index (χ0n) is 17.3. The summed E-state index contributed by atoms with van der Waals surface area (Å²) in [5, 5.41) is 5.24. The van der Waals surface area contributed by atoms with Crippen molar-refractivity contribution in [1.82, 2.24) is 8.80 Å². The smallest absolute Gasteiger partial charge is 0.0789 e. The molecule has 0 spiro atoms. The molecule has 32 heavy (non-hydrogen) atoms. The molecule has 0 N–H and O–H groups in total. The number of para-hydroxylation sites is 2. The van der Waals surface area contributed by atoms with Crippen LogP contribution in [0.4, 0.5) is 0 Å². The van der Waals surface area contributed by atoms with Crippen molar-refractivity contribution in [1.29, 1.82) is 0 Å². The Bertz CT molecular complexity index is 1970. The van der Waals surface area contributed by atoms with Crippen LogP contribution in [0.3, 0.4) is 0 Å². The molecule has 0 bridgehead atoms. The first-order valence-corrected chi connectivity index (χ1v) is 11.1. The third-order valence-corrected chi connectivity index (χ3v) is 7.03. The third-order valence-electron chi connectivity index (χ3n) is 7.03. The number of rotatable bonds is 1. The lowest BCUT2D eigenvalue weighted by Crippen LogP contribution is -1.97. The van der Waals surface area contributed by atoms with Gasteiger partial charge in [-0.15, -0.1) is 0 Å². The molecule has 3 heterocycles. The van der Waals surface area contributed by atoms with Gasteiger partial charge in [0.05, 0.1) is 33.1 Å². The van der Waals surface area contributed by atoms with Gasteiger partial charge in [0.15, 0.2) is 0 Å². The fraction of sp³-hybridized carbons (Fsp3) is 0. The Morgan fingerprint density at radius 1 is 0.344 bits per heavy atom. The van der Waals surface area contributed by atoms with E-state index in [9.17, 15) is 0 Å². The number of aromatic nitrogens is 2. The molecule has 2 nitrogen and oxygen atoms in total. The van der Waals surface area contributed by atoms with Crippen molar-refractivity contribution in [3.8, 4) is 11.1 Å². The molecule has 0 amide bonds. The Kier molecular flexibility index (Phi) is 2.91. The van der Waals surface area contributed by atoms with Crippen molar-refractivity contribution < 1.29 is 0 Å². The average molecular weight is 406 g/mol. The van der Waals surface area contributed by atoms with E-state index in [-0.39, 0.29) is 0 Å². The standard InChI is InChI=1S/C30H18N2/c1-2-8-19(9-3-1)20-14-17-27-28(18-20)32-26-13-7-5-11-22(26)24-16-15-23-21-10-4-6-12-25(21)31(27)29(23)30(24)32/h1-18H. The van der Waals surface area contributed by atoms with Gasteiger partial charge in [-0.2, -0.15) is 0 Å². The Labute approximate surface area is 183 Å². The predicted octanol–water partition coefficient (Wildman–Crippen LogP) is 7.91. The predicted molar refractivity (Wildman–Crippen MR) is 135 cm³/mol. The molecule has 5 aromatic carbocycles. The van der Waals surface area contributed by atoms with Gasteiger partial charge in [-0.05, 0) is 35.4 Å². The minimum absolute atomic E-state index is 1.23. The molecular formula is C30H18N2. The lowest BCUT2D eigenvalue weighted by Gasteiger charge is -2.13. The summed E-state index contributed by atoms with van der Waals surface area (Å²) >= 11 is 0. The summed E-state index contributed by atoms with van der Waals surface area (Å²) in [6.07, 6.45) is 0. The molecule has 148 valence electrons. The van der Waals surface area contributed by atoms with E-state index >= 15 is 0 Å². The summed E-state index contributed by atoms with van der Waals surface area (Å²) in [6.45, 7) is 0. The van der Waals surface area contributed by atoms with E-state index in [0.717, 1.165) is 0 Å². The fourth-order valence-corrected chi connectivity index (χ4v) is 5.70. The summed E-state index contributed by atoms with van der Waals surface area (Å²) in [7, 11) is 0. The first kappa shape index (κ1) is 16.4. The molecule has 8 aromatic rings. The van der Waals surface area contributed by atoms with Crippen LogP contribution in [0.2, 0.25) is 0 Å². The lowest BCUT2D eigenvalue weighted by atomic mass is 10.0. The molecule has 0 fully saturated rings. The number of benzene rings is 5. The van der Waals surface area contributed by atoms with Gasteiger partial charge in [-0.1, -0.05) is 84.9 Å². The highest BCUT2D eigenvalue weighted by Gasteiger charge is 2.21. The molecule has 0 saturated heterocycles. The highest BCUT2D eigenvalue weighted by Crippen LogP contribution is 2.42. The van der Waals surface area contributed by atoms with Crippen LogP contribution in [0.5, 0.6) is 0 Å². The van der Waals surface area contributed by atoms with E-state index in [1.807, 2.05) is 0 Å². The number of hydrogen-bond donors (Lipinski definition) is 0. The largest absolute Gasteiger partial charge is 0.305 e. The molecule has 0 radical (unpaired) electrons.